The number of carbonyl (C=O) groups excluding carboxylic acids is 8. The third-order valence-corrected chi connectivity index (χ3v) is 12.3. The maximum Gasteiger partial charge on any atom is 0.352 e. The molecule has 1 saturated heterocycles. The molecule has 432 valence electrons. The van der Waals surface area contributed by atoms with E-state index < -0.39 is 133 Å². The van der Waals surface area contributed by atoms with E-state index in [0.717, 1.165) is 6.07 Å². The van der Waals surface area contributed by atoms with Gasteiger partial charge in [0.25, 0.3) is 0 Å². The number of amides is 8. The molecule has 29 heteroatoms. The molecule has 1 aromatic carbocycles. The molecule has 0 spiro atoms. The molecule has 1 unspecified atom stereocenters. The fraction of sp³-hybridized carbons (Fsp3) is 0.625. The van der Waals surface area contributed by atoms with Gasteiger partial charge in [-0.15, -0.1) is 0 Å². The largest absolute Gasteiger partial charge is 0.477 e. The number of likely N-dealkylation sites (tertiary alicyclic amines) is 1. The van der Waals surface area contributed by atoms with Crippen LogP contribution in [0.3, 0.4) is 0 Å². The molecule has 0 aromatic heterocycles. The summed E-state index contributed by atoms with van der Waals surface area (Å²) in [6.45, 7) is -0.239. The number of nitrogens with one attached hydrogen (secondary N) is 7. The summed E-state index contributed by atoms with van der Waals surface area (Å²) in [5, 5.41) is 37.7. The number of aliphatic hydroxyl groups excluding tert-OH is 1. The van der Waals surface area contributed by atoms with Crippen LogP contribution in [-0.2, 0) is 49.6 Å². The molecule has 1 fully saturated rings. The van der Waals surface area contributed by atoms with Gasteiger partial charge in [-0.05, 0) is 115 Å². The molecule has 77 heavy (non-hydrogen) atoms. The van der Waals surface area contributed by atoms with Crippen molar-refractivity contribution in [3.8, 4) is 0 Å². The number of carbonyl (C=O) groups is 9. The number of rotatable bonds is 37. The first-order valence-corrected chi connectivity index (χ1v) is 25.8. The molecule has 25 N–H and O–H groups in total. The Kier molecular flexibility index (Phi) is 31.1. The Labute approximate surface area is 446 Å². The van der Waals surface area contributed by atoms with Crippen LogP contribution in [0.5, 0.6) is 0 Å². The van der Waals surface area contributed by atoms with E-state index in [1.165, 1.54) is 29.2 Å². The highest BCUT2D eigenvalue weighted by molar-refractivity contribution is 5.99. The average molecular weight is 1090 g/mol. The zero-order valence-electron chi connectivity index (χ0n) is 43.5. The van der Waals surface area contributed by atoms with E-state index in [1.54, 1.807) is 0 Å². The van der Waals surface area contributed by atoms with Crippen molar-refractivity contribution in [2.75, 3.05) is 52.4 Å². The van der Waals surface area contributed by atoms with Gasteiger partial charge in [-0.3, -0.25) is 43.3 Å². The zero-order valence-corrected chi connectivity index (χ0v) is 43.5. The van der Waals surface area contributed by atoms with E-state index in [-0.39, 0.29) is 95.6 Å². The smallest absolute Gasteiger partial charge is 0.352 e. The number of aliphatic hydroxyl groups is 1. The first-order valence-electron chi connectivity index (χ1n) is 25.8. The number of guanidine groups is 1. The van der Waals surface area contributed by atoms with Crippen molar-refractivity contribution in [3.05, 3.63) is 47.4 Å². The lowest BCUT2D eigenvalue weighted by molar-refractivity contribution is -0.142. The minimum absolute atomic E-state index is 0.00324. The van der Waals surface area contributed by atoms with Gasteiger partial charge in [-0.2, -0.15) is 0 Å². The van der Waals surface area contributed by atoms with Crippen LogP contribution in [0.25, 0.3) is 0 Å². The maximum absolute atomic E-state index is 15.1. The lowest BCUT2D eigenvalue weighted by atomic mass is 10.0. The van der Waals surface area contributed by atoms with Gasteiger partial charge >= 0.3 is 5.97 Å². The highest BCUT2D eigenvalue weighted by Crippen LogP contribution is 2.21. The SMILES string of the molecule is NCCCC[C@H](NC(=O)C(Cc1ccccc1F)NC(=O)[C@@H]1CCCN1C(=O)[C@@H](CCCN)NC(=O)CNC(=O)[C@H](CCCN)NC(=O)[C@@H](NC(=O)[C@@H](N)CCCCN)[C@@H](O)CN)C(=O)N/C(=C\CCN=C(N)N)C(=O)O. The van der Waals surface area contributed by atoms with Gasteiger partial charge < -0.3 is 98.2 Å². The topological polar surface area (TPSA) is 502 Å². The second kappa shape index (κ2) is 36.2. The van der Waals surface area contributed by atoms with Gasteiger partial charge in [0.15, 0.2) is 5.96 Å². The normalized spacial score (nSPS) is 16.0. The predicted octanol–water partition coefficient (Wildman–Crippen LogP) is -5.97. The standard InChI is InChI=1S/C48H82FN17O11/c49-29-12-2-1-11-28(29)25-35(43(72)61-32(14-4-6-20-51)42(71)63-34(47(76)77)17-9-23-58-48(56)57)64-44(73)36-18-10-24-66(36)46(75)33(16-8-22-53)60-38(68)27-59-41(70)31(15-7-21-52)62-45(74)39(37(67)26-54)65-40(69)30(55)13-3-5-19-50/h1-2,11-12,17,30-33,35-37,39,67H,3-10,13-16,18-27,50-55H2,(H,59,70)(H,60,68)(H,61,72)(H,62,74)(H,63,71)(H,64,73)(H,65,69)(H,76,77)(H4,56,57,58)/b34-17-/t30-,31-,32-,33+,35?,36-,37-,39-/m0/s1. The fourth-order valence-corrected chi connectivity index (χ4v) is 8.05. The molecule has 0 saturated carbocycles. The molecule has 8 amide bonds. The Hall–Kier alpha value is -6.89. The number of aliphatic carboxylic acids is 1. The van der Waals surface area contributed by atoms with E-state index in [1.807, 2.05) is 0 Å². The lowest BCUT2D eigenvalue weighted by Gasteiger charge is -2.30. The first-order chi connectivity index (χ1) is 36.7. The Morgan fingerprint density at radius 1 is 0.714 bits per heavy atom. The van der Waals surface area contributed by atoms with Crippen molar-refractivity contribution in [1.82, 2.24) is 42.1 Å². The highest BCUT2D eigenvalue weighted by atomic mass is 19.1. The molecule has 1 heterocycles. The second-order valence-corrected chi connectivity index (χ2v) is 18.3. The monoisotopic (exact) mass is 1090 g/mol. The van der Waals surface area contributed by atoms with Crippen LogP contribution in [0, 0.1) is 5.82 Å². The maximum atomic E-state index is 15.1. The number of benzene rings is 1. The predicted molar refractivity (Wildman–Crippen MR) is 282 cm³/mol. The molecule has 1 aromatic rings. The minimum atomic E-state index is -1.61. The second-order valence-electron chi connectivity index (χ2n) is 18.3. The Balaban J connectivity index is 2.32. The zero-order chi connectivity index (χ0) is 57.5. The summed E-state index contributed by atoms with van der Waals surface area (Å²) in [6, 6.07) is -3.85. The van der Waals surface area contributed by atoms with Crippen LogP contribution in [0.1, 0.15) is 89.0 Å². The summed E-state index contributed by atoms with van der Waals surface area (Å²) >= 11 is 0. The summed E-state index contributed by atoms with van der Waals surface area (Å²) < 4.78 is 15.1. The summed E-state index contributed by atoms with van der Waals surface area (Å²) in [5.41, 5.74) is 44.4. The Morgan fingerprint density at radius 2 is 1.31 bits per heavy atom. The van der Waals surface area contributed by atoms with Crippen LogP contribution in [0.2, 0.25) is 0 Å². The summed E-state index contributed by atoms with van der Waals surface area (Å²) in [4.78, 5) is 127. The van der Waals surface area contributed by atoms with E-state index >= 15 is 4.39 Å². The van der Waals surface area contributed by atoms with E-state index in [9.17, 15) is 53.4 Å². The Morgan fingerprint density at radius 3 is 1.92 bits per heavy atom. The van der Waals surface area contributed by atoms with Crippen LogP contribution < -0.4 is 83.1 Å². The minimum Gasteiger partial charge on any atom is -0.477 e. The number of hydrogen-bond donors (Lipinski definition) is 17. The Bertz CT molecular complexity index is 2170. The molecule has 0 bridgehead atoms. The number of carboxylic acid groups (broad SMARTS) is 1. The van der Waals surface area contributed by atoms with Gasteiger partial charge in [0.1, 0.15) is 47.8 Å². The number of carboxylic acids is 1. The average Bonchev–Trinajstić information content (AvgIpc) is 3.90. The third kappa shape index (κ3) is 23.9. The molecule has 1 aliphatic heterocycles. The number of nitrogens with zero attached hydrogens (tertiary/aromatic N) is 2. The van der Waals surface area contributed by atoms with Crippen molar-refractivity contribution < 1.29 is 57.8 Å². The van der Waals surface area contributed by atoms with E-state index in [4.69, 9.17) is 45.9 Å². The quantitative estimate of drug-likeness (QED) is 0.0128. The molecule has 8 atom stereocenters. The van der Waals surface area contributed by atoms with Crippen LogP contribution in [-0.4, -0.2) is 175 Å². The van der Waals surface area contributed by atoms with E-state index in [0.29, 0.717) is 38.6 Å². The number of unbranched alkanes of at least 4 members (excludes halogenated alkanes) is 2. The third-order valence-electron chi connectivity index (χ3n) is 12.3. The van der Waals surface area contributed by atoms with Crippen LogP contribution in [0.4, 0.5) is 4.39 Å². The molecule has 28 nitrogen and oxygen atoms in total. The van der Waals surface area contributed by atoms with Crippen LogP contribution in [0.15, 0.2) is 41.0 Å². The number of aliphatic imine (C=N–C) groups is 1. The molecular formula is C48H82FN17O11. The first kappa shape index (κ1) is 66.2. The highest BCUT2D eigenvalue weighted by Gasteiger charge is 2.40. The van der Waals surface area contributed by atoms with Crippen molar-refractivity contribution in [2.45, 2.75) is 138 Å². The van der Waals surface area contributed by atoms with Gasteiger partial charge in [0, 0.05) is 26.1 Å². The number of halogens is 1. The van der Waals surface area contributed by atoms with Crippen LogP contribution >= 0.6 is 0 Å². The molecule has 2 rings (SSSR count). The van der Waals surface area contributed by atoms with E-state index in [2.05, 4.69) is 42.2 Å². The molecule has 0 radical (unpaired) electrons. The van der Waals surface area contributed by atoms with Gasteiger partial charge in [0.05, 0.1) is 18.7 Å². The summed E-state index contributed by atoms with van der Waals surface area (Å²) in [5.74, 6) is -9.18. The van der Waals surface area contributed by atoms with Crippen molar-refractivity contribution in [3.63, 3.8) is 0 Å². The van der Waals surface area contributed by atoms with Crippen molar-refractivity contribution >= 4 is 59.2 Å². The van der Waals surface area contributed by atoms with Crippen molar-refractivity contribution in [2.24, 2.45) is 50.9 Å². The lowest BCUT2D eigenvalue weighted by Crippen LogP contribution is -2.61. The van der Waals surface area contributed by atoms with Gasteiger partial charge in [-0.25, -0.2) is 9.18 Å². The van der Waals surface area contributed by atoms with Gasteiger partial charge in [0.2, 0.25) is 47.3 Å². The fourth-order valence-electron chi connectivity index (χ4n) is 8.05. The molecule has 1 aliphatic rings. The van der Waals surface area contributed by atoms with Crippen molar-refractivity contribution in [1.29, 1.82) is 0 Å². The summed E-state index contributed by atoms with van der Waals surface area (Å²) in [6.07, 6.45) is 2.22. The number of hydrogen-bond acceptors (Lipinski definition) is 17. The molecule has 0 aliphatic carbocycles. The summed E-state index contributed by atoms with van der Waals surface area (Å²) in [7, 11) is 0. The van der Waals surface area contributed by atoms with Gasteiger partial charge in [-0.1, -0.05) is 30.7 Å². The number of nitrogens with two attached hydrogens (primary N) is 8. The molecular weight excluding hydrogens is 1010 g/mol.